The van der Waals surface area contributed by atoms with Crippen LogP contribution in [0.4, 0.5) is 0 Å². The van der Waals surface area contributed by atoms with Crippen LogP contribution in [0.2, 0.25) is 0 Å². The molecule has 0 aliphatic rings. The fourth-order valence-corrected chi connectivity index (χ4v) is 3.38. The molecule has 144 valence electrons. The molecule has 7 nitrogen and oxygen atoms in total. The van der Waals surface area contributed by atoms with Gasteiger partial charge in [0, 0.05) is 5.56 Å². The van der Waals surface area contributed by atoms with Crippen LogP contribution in [0.1, 0.15) is 22.8 Å². The zero-order valence-corrected chi connectivity index (χ0v) is 16.1. The second-order valence-corrected chi connectivity index (χ2v) is 7.63. The molecule has 8 heteroatoms. The summed E-state index contributed by atoms with van der Waals surface area (Å²) in [5.74, 6) is -0.644. The van der Waals surface area contributed by atoms with Crippen LogP contribution in [0, 0.1) is 6.92 Å². The summed E-state index contributed by atoms with van der Waals surface area (Å²) in [5.41, 5.74) is 1.27. The predicted octanol–water partition coefficient (Wildman–Crippen LogP) is 2.10. The van der Waals surface area contributed by atoms with Crippen molar-refractivity contribution in [3.63, 3.8) is 0 Å². The van der Waals surface area contributed by atoms with Gasteiger partial charge in [-0.1, -0.05) is 17.7 Å². The summed E-state index contributed by atoms with van der Waals surface area (Å²) in [6.07, 6.45) is 0. The van der Waals surface area contributed by atoms with Crippen LogP contribution in [-0.4, -0.2) is 39.9 Å². The Hall–Kier alpha value is -2.71. The highest BCUT2D eigenvalue weighted by molar-refractivity contribution is 7.89. The van der Waals surface area contributed by atoms with E-state index in [0.717, 1.165) is 5.56 Å². The number of benzene rings is 2. The van der Waals surface area contributed by atoms with Gasteiger partial charge in [0.15, 0.2) is 12.4 Å². The Labute approximate surface area is 158 Å². The molecule has 0 aliphatic heterocycles. The zero-order chi connectivity index (χ0) is 20.0. The van der Waals surface area contributed by atoms with Gasteiger partial charge in [0.1, 0.15) is 11.8 Å². The number of ether oxygens (including phenoxy) is 2. The number of carbonyl (C=O) groups is 2. The maximum atomic E-state index is 12.3. The lowest BCUT2D eigenvalue weighted by Crippen LogP contribution is -2.40. The third kappa shape index (κ3) is 5.63. The maximum Gasteiger partial charge on any atom is 0.324 e. The van der Waals surface area contributed by atoms with E-state index in [0.29, 0.717) is 11.3 Å². The number of rotatable bonds is 8. The first-order valence-corrected chi connectivity index (χ1v) is 9.64. The van der Waals surface area contributed by atoms with Crippen molar-refractivity contribution < 1.29 is 27.5 Å². The molecule has 0 aromatic heterocycles. The van der Waals surface area contributed by atoms with E-state index >= 15 is 0 Å². The number of aryl methyl sites for hydroxylation is 1. The smallest absolute Gasteiger partial charge is 0.324 e. The Bertz CT molecular complexity index is 904. The van der Waals surface area contributed by atoms with E-state index in [1.54, 1.807) is 36.4 Å². The highest BCUT2D eigenvalue weighted by Crippen LogP contribution is 2.13. The fraction of sp³-hybridized carbons (Fsp3) is 0.263. The summed E-state index contributed by atoms with van der Waals surface area (Å²) in [5, 5.41) is 0. The lowest BCUT2D eigenvalue weighted by molar-refractivity contribution is -0.144. The van der Waals surface area contributed by atoms with Crippen LogP contribution >= 0.6 is 0 Å². The van der Waals surface area contributed by atoms with Gasteiger partial charge < -0.3 is 9.47 Å². The number of nitrogens with one attached hydrogen (secondary N) is 1. The van der Waals surface area contributed by atoms with Gasteiger partial charge in [-0.25, -0.2) is 8.42 Å². The molecule has 0 saturated heterocycles. The van der Waals surface area contributed by atoms with Gasteiger partial charge >= 0.3 is 5.97 Å². The number of methoxy groups -OCH3 is 1. The summed E-state index contributed by atoms with van der Waals surface area (Å²) in [7, 11) is -2.36. The standard InChI is InChI=1S/C19H21NO6S/c1-13-4-10-17(11-5-13)27(23,24)20-14(2)19(22)26-12-18(21)15-6-8-16(25-3)9-7-15/h4-11,14,20H,12H2,1-3H3/t14-/m0/s1. The Kier molecular flexibility index (Phi) is 6.70. The summed E-state index contributed by atoms with van der Waals surface area (Å²) in [6.45, 7) is 2.71. The van der Waals surface area contributed by atoms with Crippen LogP contribution in [0.5, 0.6) is 5.75 Å². The summed E-state index contributed by atoms with van der Waals surface area (Å²) >= 11 is 0. The molecular weight excluding hydrogens is 370 g/mol. The number of carbonyl (C=O) groups excluding carboxylic acids is 2. The second kappa shape index (κ2) is 8.79. The van der Waals surface area contributed by atoms with Crippen molar-refractivity contribution in [2.75, 3.05) is 13.7 Å². The molecule has 0 amide bonds. The van der Waals surface area contributed by atoms with Crippen molar-refractivity contribution in [2.45, 2.75) is 24.8 Å². The second-order valence-electron chi connectivity index (χ2n) is 5.92. The van der Waals surface area contributed by atoms with Gasteiger partial charge in [-0.15, -0.1) is 0 Å². The third-order valence-corrected chi connectivity index (χ3v) is 5.33. The highest BCUT2D eigenvalue weighted by atomic mass is 32.2. The molecule has 0 fully saturated rings. The van der Waals surface area contributed by atoms with E-state index in [1.807, 2.05) is 6.92 Å². The van der Waals surface area contributed by atoms with Gasteiger partial charge in [-0.05, 0) is 50.2 Å². The molecule has 2 aromatic carbocycles. The van der Waals surface area contributed by atoms with E-state index in [9.17, 15) is 18.0 Å². The van der Waals surface area contributed by atoms with Crippen molar-refractivity contribution in [1.82, 2.24) is 4.72 Å². The fourth-order valence-electron chi connectivity index (χ4n) is 2.19. The SMILES string of the molecule is COc1ccc(C(=O)COC(=O)[C@H](C)NS(=O)(=O)c2ccc(C)cc2)cc1. The number of hydrogen-bond acceptors (Lipinski definition) is 6. The lowest BCUT2D eigenvalue weighted by atomic mass is 10.1. The minimum absolute atomic E-state index is 0.0436. The van der Waals surface area contributed by atoms with Crippen LogP contribution in [-0.2, 0) is 19.6 Å². The average molecular weight is 391 g/mol. The molecule has 0 bridgehead atoms. The molecule has 0 saturated carbocycles. The zero-order valence-electron chi connectivity index (χ0n) is 15.3. The number of sulfonamides is 1. The molecular formula is C19H21NO6S. The molecule has 0 spiro atoms. The van der Waals surface area contributed by atoms with E-state index in [2.05, 4.69) is 4.72 Å². The first-order valence-electron chi connectivity index (χ1n) is 8.16. The summed E-state index contributed by atoms with van der Waals surface area (Å²) < 4.78 is 36.7. The maximum absolute atomic E-state index is 12.3. The van der Waals surface area contributed by atoms with Crippen molar-refractivity contribution in [3.8, 4) is 5.75 Å². The molecule has 0 radical (unpaired) electrons. The summed E-state index contributed by atoms with van der Waals surface area (Å²) in [4.78, 5) is 24.1. The number of Topliss-reactive ketones (excluding diaryl/α,β-unsaturated/α-hetero) is 1. The van der Waals surface area contributed by atoms with Crippen molar-refractivity contribution in [3.05, 3.63) is 59.7 Å². The van der Waals surface area contributed by atoms with Crippen LogP contribution < -0.4 is 9.46 Å². The molecule has 1 atom stereocenters. The first-order chi connectivity index (χ1) is 12.7. The van der Waals surface area contributed by atoms with Crippen molar-refractivity contribution >= 4 is 21.8 Å². The average Bonchev–Trinajstić information content (AvgIpc) is 2.65. The molecule has 2 aromatic rings. The Morgan fingerprint density at radius 1 is 1.04 bits per heavy atom. The van der Waals surface area contributed by atoms with Gasteiger partial charge in [0.2, 0.25) is 10.0 Å². The molecule has 1 N–H and O–H groups in total. The van der Waals surface area contributed by atoms with Gasteiger partial charge in [-0.3, -0.25) is 9.59 Å². The van der Waals surface area contributed by atoms with Crippen LogP contribution in [0.25, 0.3) is 0 Å². The van der Waals surface area contributed by atoms with Gasteiger partial charge in [0.05, 0.1) is 12.0 Å². The van der Waals surface area contributed by atoms with Crippen LogP contribution in [0.3, 0.4) is 0 Å². The first kappa shape index (κ1) is 20.6. The minimum atomic E-state index is -3.87. The number of ketones is 1. The van der Waals surface area contributed by atoms with E-state index in [4.69, 9.17) is 9.47 Å². The predicted molar refractivity (Wildman–Crippen MR) is 99.2 cm³/mol. The Balaban J connectivity index is 1.92. The Morgan fingerprint density at radius 2 is 1.63 bits per heavy atom. The molecule has 27 heavy (non-hydrogen) atoms. The van der Waals surface area contributed by atoms with Gasteiger partial charge in [-0.2, -0.15) is 4.72 Å². The van der Waals surface area contributed by atoms with E-state index in [1.165, 1.54) is 26.2 Å². The lowest BCUT2D eigenvalue weighted by Gasteiger charge is -2.13. The van der Waals surface area contributed by atoms with Crippen molar-refractivity contribution in [1.29, 1.82) is 0 Å². The van der Waals surface area contributed by atoms with Crippen molar-refractivity contribution in [2.24, 2.45) is 0 Å². The van der Waals surface area contributed by atoms with Crippen LogP contribution in [0.15, 0.2) is 53.4 Å². The van der Waals surface area contributed by atoms with E-state index in [-0.39, 0.29) is 4.90 Å². The third-order valence-electron chi connectivity index (χ3n) is 3.77. The minimum Gasteiger partial charge on any atom is -0.497 e. The molecule has 0 aliphatic carbocycles. The monoisotopic (exact) mass is 391 g/mol. The molecule has 2 rings (SSSR count). The number of esters is 1. The topological polar surface area (TPSA) is 98.8 Å². The largest absolute Gasteiger partial charge is 0.497 e. The molecule has 0 heterocycles. The normalized spacial score (nSPS) is 12.3. The summed E-state index contributed by atoms with van der Waals surface area (Å²) in [6, 6.07) is 11.4. The van der Waals surface area contributed by atoms with Gasteiger partial charge in [0.25, 0.3) is 0 Å². The quantitative estimate of drug-likeness (QED) is 0.547. The molecule has 0 unspecified atom stereocenters. The highest BCUT2D eigenvalue weighted by Gasteiger charge is 2.23. The van der Waals surface area contributed by atoms with E-state index < -0.39 is 34.4 Å². The number of hydrogen-bond donors (Lipinski definition) is 1. The Morgan fingerprint density at radius 3 is 2.19 bits per heavy atom.